The molecule has 1 aromatic rings. The van der Waals surface area contributed by atoms with Crippen molar-refractivity contribution >= 4 is 33.2 Å². The Bertz CT molecular complexity index is 560. The minimum Gasteiger partial charge on any atom is -0.398 e. The summed E-state index contributed by atoms with van der Waals surface area (Å²) in [5, 5.41) is 10.6. The van der Waals surface area contributed by atoms with Crippen LogP contribution >= 0.6 is 11.8 Å². The van der Waals surface area contributed by atoms with Crippen molar-refractivity contribution in [2.24, 2.45) is 0 Å². The lowest BCUT2D eigenvalue weighted by Gasteiger charge is -2.08. The summed E-state index contributed by atoms with van der Waals surface area (Å²) in [5.41, 5.74) is 5.24. The highest BCUT2D eigenvalue weighted by Gasteiger charge is 2.20. The normalized spacial score (nSPS) is 11.4. The van der Waals surface area contributed by atoms with E-state index in [1.54, 1.807) is 11.8 Å². The average Bonchev–Trinajstić information content (AvgIpc) is 2.34. The molecule has 0 unspecified atom stereocenters. The molecule has 9 heteroatoms. The SMILES string of the molecule is CSCCCNS(=O)(=O)c1cc([N+](=O)[O-])ccc1N. The largest absolute Gasteiger partial charge is 0.398 e. The Morgan fingerprint density at radius 2 is 2.16 bits per heavy atom. The molecule has 0 amide bonds. The highest BCUT2D eigenvalue weighted by atomic mass is 32.2. The molecule has 0 aromatic heterocycles. The molecule has 0 bridgehead atoms. The van der Waals surface area contributed by atoms with Gasteiger partial charge in [0, 0.05) is 18.7 Å². The summed E-state index contributed by atoms with van der Waals surface area (Å²) < 4.78 is 26.3. The van der Waals surface area contributed by atoms with Crippen molar-refractivity contribution in [2.75, 3.05) is 24.3 Å². The highest BCUT2D eigenvalue weighted by molar-refractivity contribution is 7.98. The molecular weight excluding hydrogens is 290 g/mol. The zero-order valence-corrected chi connectivity index (χ0v) is 12.0. The third kappa shape index (κ3) is 4.37. The van der Waals surface area contributed by atoms with E-state index in [1.807, 2.05) is 6.26 Å². The number of hydrogen-bond acceptors (Lipinski definition) is 6. The summed E-state index contributed by atoms with van der Waals surface area (Å²) in [6.45, 7) is 0.269. The van der Waals surface area contributed by atoms with Crippen LogP contribution in [0.25, 0.3) is 0 Å². The predicted octanol–water partition coefficient (Wildman–Crippen LogP) is 1.21. The van der Waals surface area contributed by atoms with Crippen LogP contribution in [0.1, 0.15) is 6.42 Å². The van der Waals surface area contributed by atoms with Gasteiger partial charge in [0.25, 0.3) is 5.69 Å². The molecule has 0 fully saturated rings. The maximum absolute atomic E-state index is 12.0. The molecule has 0 aliphatic rings. The van der Waals surface area contributed by atoms with Gasteiger partial charge < -0.3 is 5.73 Å². The third-order valence-electron chi connectivity index (χ3n) is 2.31. The van der Waals surface area contributed by atoms with E-state index in [0.717, 1.165) is 11.8 Å². The van der Waals surface area contributed by atoms with Crippen LogP contribution in [-0.2, 0) is 10.0 Å². The van der Waals surface area contributed by atoms with Gasteiger partial charge >= 0.3 is 0 Å². The van der Waals surface area contributed by atoms with Crippen molar-refractivity contribution in [2.45, 2.75) is 11.3 Å². The van der Waals surface area contributed by atoms with Crippen LogP contribution in [0.4, 0.5) is 11.4 Å². The number of sulfonamides is 1. The molecule has 0 aliphatic carbocycles. The fraction of sp³-hybridized carbons (Fsp3) is 0.400. The van der Waals surface area contributed by atoms with Crippen molar-refractivity contribution in [3.63, 3.8) is 0 Å². The van der Waals surface area contributed by atoms with Gasteiger partial charge in [-0.25, -0.2) is 13.1 Å². The molecule has 3 N–H and O–H groups in total. The molecule has 7 nitrogen and oxygen atoms in total. The average molecular weight is 305 g/mol. The van der Waals surface area contributed by atoms with Gasteiger partial charge in [0.2, 0.25) is 10.0 Å². The molecule has 0 aliphatic heterocycles. The van der Waals surface area contributed by atoms with E-state index in [0.29, 0.717) is 6.42 Å². The van der Waals surface area contributed by atoms with Gasteiger partial charge in [0.05, 0.1) is 10.6 Å². The molecule has 0 saturated heterocycles. The van der Waals surface area contributed by atoms with E-state index in [4.69, 9.17) is 5.73 Å². The van der Waals surface area contributed by atoms with Crippen LogP contribution in [0.2, 0.25) is 0 Å². The molecule has 19 heavy (non-hydrogen) atoms. The van der Waals surface area contributed by atoms with Gasteiger partial charge in [0.15, 0.2) is 0 Å². The van der Waals surface area contributed by atoms with Crippen molar-refractivity contribution in [1.82, 2.24) is 4.72 Å². The minimum absolute atomic E-state index is 0.0111. The van der Waals surface area contributed by atoms with Crippen LogP contribution in [0.5, 0.6) is 0 Å². The van der Waals surface area contributed by atoms with Crippen molar-refractivity contribution in [1.29, 1.82) is 0 Å². The maximum Gasteiger partial charge on any atom is 0.270 e. The summed E-state index contributed by atoms with van der Waals surface area (Å²) in [4.78, 5) is 9.72. The first-order valence-electron chi connectivity index (χ1n) is 5.41. The Hall–Kier alpha value is -1.32. The van der Waals surface area contributed by atoms with E-state index >= 15 is 0 Å². The van der Waals surface area contributed by atoms with E-state index in [-0.39, 0.29) is 22.8 Å². The number of rotatable bonds is 7. The molecule has 0 spiro atoms. The van der Waals surface area contributed by atoms with Crippen LogP contribution in [-0.4, -0.2) is 31.9 Å². The second-order valence-corrected chi connectivity index (χ2v) is 6.44. The number of nitrogens with two attached hydrogens (primary N) is 1. The standard InChI is InChI=1S/C10H15N3O4S2/c1-18-6-2-5-12-19(16,17)10-7-8(13(14)15)3-4-9(10)11/h3-4,7,12H,2,5-6,11H2,1H3. The number of nitrogens with one attached hydrogen (secondary N) is 1. The number of nitro groups is 1. The van der Waals surface area contributed by atoms with E-state index < -0.39 is 14.9 Å². The fourth-order valence-corrected chi connectivity index (χ4v) is 3.03. The van der Waals surface area contributed by atoms with Crippen LogP contribution < -0.4 is 10.5 Å². The second kappa shape index (κ2) is 6.73. The molecule has 1 aromatic carbocycles. The summed E-state index contributed by atoms with van der Waals surface area (Å²) in [6.07, 6.45) is 2.60. The number of non-ortho nitro benzene ring substituents is 1. The van der Waals surface area contributed by atoms with E-state index in [1.165, 1.54) is 12.1 Å². The van der Waals surface area contributed by atoms with Gasteiger partial charge in [-0.05, 0) is 24.5 Å². The Balaban J connectivity index is 2.94. The zero-order valence-electron chi connectivity index (χ0n) is 10.3. The first kappa shape index (κ1) is 15.7. The number of hydrogen-bond donors (Lipinski definition) is 2. The Labute approximate surface area is 115 Å². The third-order valence-corrected chi connectivity index (χ3v) is 4.53. The summed E-state index contributed by atoms with van der Waals surface area (Å²) >= 11 is 1.61. The lowest BCUT2D eigenvalue weighted by atomic mass is 10.3. The van der Waals surface area contributed by atoms with Gasteiger partial charge in [0.1, 0.15) is 4.90 Å². The first-order chi connectivity index (χ1) is 8.88. The Morgan fingerprint density at radius 3 is 2.74 bits per heavy atom. The summed E-state index contributed by atoms with van der Waals surface area (Å²) in [6, 6.07) is 3.35. The molecule has 1 rings (SSSR count). The van der Waals surface area contributed by atoms with Gasteiger partial charge in [-0.1, -0.05) is 0 Å². The number of nitrogens with zero attached hydrogens (tertiary/aromatic N) is 1. The smallest absolute Gasteiger partial charge is 0.270 e. The maximum atomic E-state index is 12.0. The number of nitrogen functional groups attached to an aromatic ring is 1. The summed E-state index contributed by atoms with van der Waals surface area (Å²) in [7, 11) is -3.82. The quantitative estimate of drug-likeness (QED) is 0.338. The van der Waals surface area contributed by atoms with Crippen LogP contribution in [0.3, 0.4) is 0 Å². The highest BCUT2D eigenvalue weighted by Crippen LogP contribution is 2.23. The number of nitro benzene ring substituents is 1. The number of benzene rings is 1. The van der Waals surface area contributed by atoms with Crippen LogP contribution in [0, 0.1) is 10.1 Å². The second-order valence-electron chi connectivity index (χ2n) is 3.72. The van der Waals surface area contributed by atoms with Crippen molar-refractivity contribution < 1.29 is 13.3 Å². The molecule has 0 radical (unpaired) electrons. The Morgan fingerprint density at radius 1 is 1.47 bits per heavy atom. The molecule has 0 heterocycles. The van der Waals surface area contributed by atoms with Gasteiger partial charge in [-0.3, -0.25) is 10.1 Å². The predicted molar refractivity (Wildman–Crippen MR) is 75.7 cm³/mol. The molecule has 0 saturated carbocycles. The lowest BCUT2D eigenvalue weighted by molar-refractivity contribution is -0.385. The lowest BCUT2D eigenvalue weighted by Crippen LogP contribution is -2.26. The van der Waals surface area contributed by atoms with E-state index in [9.17, 15) is 18.5 Å². The van der Waals surface area contributed by atoms with Crippen molar-refractivity contribution in [3.05, 3.63) is 28.3 Å². The van der Waals surface area contributed by atoms with Gasteiger partial charge in [-0.2, -0.15) is 11.8 Å². The number of anilines is 1. The molecule has 106 valence electrons. The topological polar surface area (TPSA) is 115 Å². The monoisotopic (exact) mass is 305 g/mol. The zero-order chi connectivity index (χ0) is 14.5. The van der Waals surface area contributed by atoms with Crippen molar-refractivity contribution in [3.8, 4) is 0 Å². The minimum atomic E-state index is -3.82. The van der Waals surface area contributed by atoms with Crippen LogP contribution in [0.15, 0.2) is 23.1 Å². The number of thioether (sulfide) groups is 1. The molecular formula is C10H15N3O4S2. The van der Waals surface area contributed by atoms with Gasteiger partial charge in [-0.15, -0.1) is 0 Å². The first-order valence-corrected chi connectivity index (χ1v) is 8.28. The van der Waals surface area contributed by atoms with E-state index in [2.05, 4.69) is 4.72 Å². The fourth-order valence-electron chi connectivity index (χ4n) is 1.37. The molecule has 0 atom stereocenters. The summed E-state index contributed by atoms with van der Waals surface area (Å²) in [5.74, 6) is 0.826. The Kier molecular flexibility index (Phi) is 5.58.